The molecule has 100 valence electrons. The van der Waals surface area contributed by atoms with Crippen LogP contribution in [0.2, 0.25) is 0 Å². The zero-order valence-electron chi connectivity index (χ0n) is 11.1. The molecule has 19 heavy (non-hydrogen) atoms. The first-order valence-electron chi connectivity index (χ1n) is 6.58. The zero-order valence-corrected chi connectivity index (χ0v) is 11.1. The summed E-state index contributed by atoms with van der Waals surface area (Å²) in [5.74, 6) is 0. The van der Waals surface area contributed by atoms with Gasteiger partial charge in [-0.25, -0.2) is 0 Å². The molecule has 1 aliphatic heterocycles. The minimum atomic E-state index is 0.183. The molecule has 1 unspecified atom stereocenters. The van der Waals surface area contributed by atoms with Crippen molar-refractivity contribution in [3.63, 3.8) is 0 Å². The maximum Gasteiger partial charge on any atom is 0.0946 e. The molecule has 0 aliphatic carbocycles. The Morgan fingerprint density at radius 1 is 1.42 bits per heavy atom. The number of ether oxygens (including phenoxy) is 1. The molecule has 0 N–H and O–H groups in total. The summed E-state index contributed by atoms with van der Waals surface area (Å²) in [6.07, 6.45) is 5.82. The highest BCUT2D eigenvalue weighted by Crippen LogP contribution is 2.18. The van der Waals surface area contributed by atoms with E-state index in [4.69, 9.17) is 4.74 Å². The monoisotopic (exact) mass is 258 g/mol. The molecule has 0 bridgehead atoms. The minimum Gasteiger partial charge on any atom is -0.373 e. The molecule has 0 aromatic carbocycles. The molecule has 3 rings (SSSR count). The molecule has 0 spiro atoms. The van der Waals surface area contributed by atoms with Crippen molar-refractivity contribution < 1.29 is 4.74 Å². The molecule has 0 radical (unpaired) electrons. The highest BCUT2D eigenvalue weighted by Gasteiger charge is 2.21. The Bertz CT molecular complexity index is 526. The molecule has 5 heteroatoms. The molecule has 2 aromatic rings. The quantitative estimate of drug-likeness (QED) is 0.836. The first-order chi connectivity index (χ1) is 9.31. The molecule has 1 saturated heterocycles. The molecule has 0 saturated carbocycles. The number of aromatic nitrogens is 3. The fourth-order valence-electron chi connectivity index (χ4n) is 2.41. The van der Waals surface area contributed by atoms with Crippen molar-refractivity contribution in [2.24, 2.45) is 0 Å². The van der Waals surface area contributed by atoms with Crippen LogP contribution in [0.1, 0.15) is 5.69 Å². The molecular formula is C14H18N4O. The number of pyridine rings is 1. The fraction of sp³-hybridized carbons (Fsp3) is 0.429. The van der Waals surface area contributed by atoms with E-state index < -0.39 is 0 Å². The third kappa shape index (κ3) is 2.93. The summed E-state index contributed by atoms with van der Waals surface area (Å²) in [6.45, 7) is 5.40. The Morgan fingerprint density at radius 3 is 3.16 bits per heavy atom. The van der Waals surface area contributed by atoms with E-state index in [1.807, 2.05) is 30.1 Å². The zero-order chi connectivity index (χ0) is 13.1. The van der Waals surface area contributed by atoms with Crippen molar-refractivity contribution in [3.05, 3.63) is 42.5 Å². The summed E-state index contributed by atoms with van der Waals surface area (Å²) < 4.78 is 7.74. The number of aryl methyl sites for hydroxylation is 1. The van der Waals surface area contributed by atoms with E-state index in [2.05, 4.69) is 27.1 Å². The fourth-order valence-corrected chi connectivity index (χ4v) is 2.41. The lowest BCUT2D eigenvalue weighted by molar-refractivity contribution is 0.0274. The second kappa shape index (κ2) is 5.40. The van der Waals surface area contributed by atoms with E-state index in [9.17, 15) is 0 Å². The lowest BCUT2D eigenvalue weighted by Gasteiger charge is -2.34. The third-order valence-electron chi connectivity index (χ3n) is 3.33. The van der Waals surface area contributed by atoms with Crippen molar-refractivity contribution in [2.45, 2.75) is 19.6 Å². The van der Waals surface area contributed by atoms with E-state index in [0.717, 1.165) is 31.9 Å². The molecule has 2 aromatic heterocycles. The van der Waals surface area contributed by atoms with Gasteiger partial charge in [-0.15, -0.1) is 0 Å². The number of nitrogens with zero attached hydrogens (tertiary/aromatic N) is 4. The van der Waals surface area contributed by atoms with Crippen LogP contribution >= 0.6 is 0 Å². The van der Waals surface area contributed by atoms with Crippen molar-refractivity contribution in [1.29, 1.82) is 0 Å². The van der Waals surface area contributed by atoms with Crippen LogP contribution in [-0.4, -0.2) is 40.6 Å². The summed E-state index contributed by atoms with van der Waals surface area (Å²) in [6, 6.07) is 6.12. The number of anilines is 1. The maximum absolute atomic E-state index is 5.82. The van der Waals surface area contributed by atoms with E-state index >= 15 is 0 Å². The first-order valence-corrected chi connectivity index (χ1v) is 6.58. The molecule has 5 nitrogen and oxygen atoms in total. The molecule has 0 amide bonds. The van der Waals surface area contributed by atoms with Gasteiger partial charge in [0.05, 0.1) is 19.3 Å². The standard InChI is InChI=1S/C14H18N4O/c1-12-9-13(3-5-15-12)17-7-8-19-14(10-17)11-18-6-2-4-16-18/h2-6,9,14H,7-8,10-11H2,1H3. The average Bonchev–Trinajstić information content (AvgIpc) is 2.92. The second-order valence-corrected chi connectivity index (χ2v) is 4.82. The van der Waals surface area contributed by atoms with Gasteiger partial charge in [0.2, 0.25) is 0 Å². The molecular weight excluding hydrogens is 240 g/mol. The van der Waals surface area contributed by atoms with Crippen LogP contribution in [0.15, 0.2) is 36.8 Å². The van der Waals surface area contributed by atoms with Crippen LogP contribution in [0.5, 0.6) is 0 Å². The van der Waals surface area contributed by atoms with Crippen LogP contribution in [0.25, 0.3) is 0 Å². The highest BCUT2D eigenvalue weighted by molar-refractivity contribution is 5.46. The Morgan fingerprint density at radius 2 is 2.37 bits per heavy atom. The molecule has 1 fully saturated rings. The van der Waals surface area contributed by atoms with Crippen LogP contribution < -0.4 is 4.90 Å². The van der Waals surface area contributed by atoms with E-state index in [1.165, 1.54) is 5.69 Å². The van der Waals surface area contributed by atoms with Crippen LogP contribution in [0.3, 0.4) is 0 Å². The topological polar surface area (TPSA) is 43.2 Å². The van der Waals surface area contributed by atoms with E-state index in [1.54, 1.807) is 6.20 Å². The van der Waals surface area contributed by atoms with E-state index in [-0.39, 0.29) is 6.10 Å². The minimum absolute atomic E-state index is 0.183. The summed E-state index contributed by atoms with van der Waals surface area (Å²) in [7, 11) is 0. The van der Waals surface area contributed by atoms with Crippen LogP contribution in [0, 0.1) is 6.92 Å². The van der Waals surface area contributed by atoms with Crippen molar-refractivity contribution in [3.8, 4) is 0 Å². The Balaban J connectivity index is 1.67. The summed E-state index contributed by atoms with van der Waals surface area (Å²) in [5.41, 5.74) is 2.27. The molecule has 1 aliphatic rings. The van der Waals surface area contributed by atoms with Gasteiger partial charge in [0.25, 0.3) is 0 Å². The smallest absolute Gasteiger partial charge is 0.0946 e. The number of hydrogen-bond acceptors (Lipinski definition) is 4. The predicted molar refractivity (Wildman–Crippen MR) is 73.2 cm³/mol. The van der Waals surface area contributed by atoms with Gasteiger partial charge in [-0.1, -0.05) is 0 Å². The first kappa shape index (κ1) is 12.2. The average molecular weight is 258 g/mol. The second-order valence-electron chi connectivity index (χ2n) is 4.82. The SMILES string of the molecule is Cc1cc(N2CCOC(Cn3cccn3)C2)ccn1. The molecule has 1 atom stereocenters. The van der Waals surface area contributed by atoms with Crippen LogP contribution in [-0.2, 0) is 11.3 Å². The predicted octanol–water partition coefficient (Wildman–Crippen LogP) is 1.49. The third-order valence-corrected chi connectivity index (χ3v) is 3.33. The summed E-state index contributed by atoms with van der Waals surface area (Å²) in [4.78, 5) is 6.60. The normalized spacial score (nSPS) is 19.6. The van der Waals surface area contributed by atoms with E-state index in [0.29, 0.717) is 0 Å². The Hall–Kier alpha value is -1.88. The van der Waals surface area contributed by atoms with Gasteiger partial charge in [0, 0.05) is 43.1 Å². The lowest BCUT2D eigenvalue weighted by atomic mass is 10.2. The van der Waals surface area contributed by atoms with Crippen molar-refractivity contribution >= 4 is 5.69 Å². The highest BCUT2D eigenvalue weighted by atomic mass is 16.5. The summed E-state index contributed by atoms with van der Waals surface area (Å²) >= 11 is 0. The molecule has 3 heterocycles. The van der Waals surface area contributed by atoms with Crippen LogP contribution in [0.4, 0.5) is 5.69 Å². The number of morpholine rings is 1. The maximum atomic E-state index is 5.82. The number of rotatable bonds is 3. The lowest BCUT2D eigenvalue weighted by Crippen LogP contribution is -2.44. The van der Waals surface area contributed by atoms with Gasteiger partial charge in [-0.2, -0.15) is 5.10 Å². The Labute approximate surface area is 112 Å². The van der Waals surface area contributed by atoms with Gasteiger partial charge in [-0.3, -0.25) is 9.67 Å². The largest absolute Gasteiger partial charge is 0.373 e. The number of hydrogen-bond donors (Lipinski definition) is 0. The Kier molecular flexibility index (Phi) is 3.46. The van der Waals surface area contributed by atoms with Crippen molar-refractivity contribution in [2.75, 3.05) is 24.6 Å². The van der Waals surface area contributed by atoms with Crippen molar-refractivity contribution in [1.82, 2.24) is 14.8 Å². The van der Waals surface area contributed by atoms with Gasteiger partial charge in [0.1, 0.15) is 0 Å². The van der Waals surface area contributed by atoms with Gasteiger partial charge >= 0.3 is 0 Å². The van der Waals surface area contributed by atoms with Gasteiger partial charge in [-0.05, 0) is 25.1 Å². The van der Waals surface area contributed by atoms with Gasteiger partial charge in [0.15, 0.2) is 0 Å². The van der Waals surface area contributed by atoms with Gasteiger partial charge < -0.3 is 9.64 Å². The summed E-state index contributed by atoms with van der Waals surface area (Å²) in [5, 5.41) is 4.23.